The first-order valence-corrected chi connectivity index (χ1v) is 4.52. The highest BCUT2D eigenvalue weighted by Crippen LogP contribution is 2.19. The molecule has 1 aliphatic heterocycles. The molecule has 0 spiro atoms. The monoisotopic (exact) mass is 198 g/mol. The van der Waals surface area contributed by atoms with E-state index < -0.39 is 12.0 Å². The number of fused-ring (bicyclic) bond motifs is 1. The molecular weight excluding hydrogens is 192 g/mol. The maximum Gasteiger partial charge on any atom is 0.326 e. The molecule has 68 valence electrons. The summed E-state index contributed by atoms with van der Waals surface area (Å²) in [5, 5.41) is 11.1. The Hall–Kier alpha value is -1.43. The van der Waals surface area contributed by atoms with E-state index in [1.807, 2.05) is 0 Å². The molecule has 1 aliphatic rings. The van der Waals surface area contributed by atoms with E-state index in [1.54, 1.807) is 5.51 Å². The van der Waals surface area contributed by atoms with Crippen molar-refractivity contribution < 1.29 is 14.7 Å². The van der Waals surface area contributed by atoms with Crippen LogP contribution in [0.15, 0.2) is 5.51 Å². The molecule has 0 bridgehead atoms. The molecule has 0 saturated heterocycles. The lowest BCUT2D eigenvalue weighted by Gasteiger charge is -2.18. The fourth-order valence-electron chi connectivity index (χ4n) is 1.22. The summed E-state index contributed by atoms with van der Waals surface area (Å²) >= 11 is 1.23. The van der Waals surface area contributed by atoms with E-state index in [4.69, 9.17) is 5.11 Å². The zero-order valence-corrected chi connectivity index (χ0v) is 7.30. The molecular formula is C7H6N2O3S. The van der Waals surface area contributed by atoms with Gasteiger partial charge >= 0.3 is 5.97 Å². The molecule has 13 heavy (non-hydrogen) atoms. The van der Waals surface area contributed by atoms with Crippen LogP contribution in [0.2, 0.25) is 0 Å². The van der Waals surface area contributed by atoms with Crippen LogP contribution in [0.5, 0.6) is 0 Å². The van der Waals surface area contributed by atoms with Gasteiger partial charge in [-0.2, -0.15) is 0 Å². The predicted molar refractivity (Wildman–Crippen MR) is 44.7 cm³/mol. The van der Waals surface area contributed by atoms with Gasteiger partial charge in [-0.25, -0.2) is 9.78 Å². The number of thiazole rings is 1. The molecule has 1 aromatic heterocycles. The zero-order chi connectivity index (χ0) is 9.42. The summed E-state index contributed by atoms with van der Waals surface area (Å²) in [6.45, 7) is 0. The van der Waals surface area contributed by atoms with E-state index in [0.29, 0.717) is 10.6 Å². The summed E-state index contributed by atoms with van der Waals surface area (Å²) in [4.78, 5) is 26.3. The van der Waals surface area contributed by atoms with Crippen LogP contribution < -0.4 is 5.32 Å². The Morgan fingerprint density at radius 2 is 2.54 bits per heavy atom. The van der Waals surface area contributed by atoms with Crippen LogP contribution in [0, 0.1) is 0 Å². The fourth-order valence-corrected chi connectivity index (χ4v) is 1.94. The van der Waals surface area contributed by atoms with Crippen molar-refractivity contribution in [3.63, 3.8) is 0 Å². The van der Waals surface area contributed by atoms with Crippen molar-refractivity contribution in [2.75, 3.05) is 0 Å². The molecule has 2 N–H and O–H groups in total. The Labute approximate surface area is 77.4 Å². The topological polar surface area (TPSA) is 79.3 Å². The number of nitrogens with one attached hydrogen (secondary N) is 1. The van der Waals surface area contributed by atoms with E-state index in [0.717, 1.165) is 0 Å². The van der Waals surface area contributed by atoms with Crippen molar-refractivity contribution in [1.29, 1.82) is 0 Å². The summed E-state index contributed by atoms with van der Waals surface area (Å²) in [6.07, 6.45) is 0.278. The molecule has 0 aromatic carbocycles. The molecule has 1 amide bonds. The first-order valence-electron chi connectivity index (χ1n) is 3.64. The number of hydrogen-bond donors (Lipinski definition) is 2. The number of carboxylic acids is 1. The first kappa shape index (κ1) is 8.18. The SMILES string of the molecule is O=C1NC(C(=O)O)Cc2ncsc21. The quantitative estimate of drug-likeness (QED) is 0.659. The molecule has 2 heterocycles. The summed E-state index contributed by atoms with van der Waals surface area (Å²) in [5.74, 6) is -1.36. The van der Waals surface area contributed by atoms with Crippen molar-refractivity contribution in [3.05, 3.63) is 16.1 Å². The normalized spacial score (nSPS) is 20.6. The van der Waals surface area contributed by atoms with Gasteiger partial charge in [-0.15, -0.1) is 11.3 Å². The Bertz CT molecular complexity index is 374. The first-order chi connectivity index (χ1) is 6.18. The zero-order valence-electron chi connectivity index (χ0n) is 6.48. The molecule has 1 unspecified atom stereocenters. The van der Waals surface area contributed by atoms with Gasteiger partial charge < -0.3 is 10.4 Å². The number of carbonyl (C=O) groups is 2. The maximum atomic E-state index is 11.3. The van der Waals surface area contributed by atoms with Gasteiger partial charge in [0.1, 0.15) is 10.9 Å². The standard InChI is InChI=1S/C7H6N2O3S/c10-6-5-3(8-2-13-5)1-4(9-6)7(11)12/h2,4H,1H2,(H,9,10)(H,11,12). The number of aliphatic carboxylic acids is 1. The highest BCUT2D eigenvalue weighted by atomic mass is 32.1. The maximum absolute atomic E-state index is 11.3. The van der Waals surface area contributed by atoms with Crippen LogP contribution in [0.1, 0.15) is 15.4 Å². The second-order valence-corrected chi connectivity index (χ2v) is 3.55. The van der Waals surface area contributed by atoms with Crippen LogP contribution in [-0.4, -0.2) is 28.0 Å². The molecule has 1 aromatic rings. The van der Waals surface area contributed by atoms with Gasteiger partial charge in [-0.1, -0.05) is 0 Å². The summed E-state index contributed by atoms with van der Waals surface area (Å²) < 4.78 is 0. The molecule has 0 aliphatic carbocycles. The minimum atomic E-state index is -1.02. The van der Waals surface area contributed by atoms with Gasteiger partial charge in [0.2, 0.25) is 0 Å². The van der Waals surface area contributed by atoms with E-state index in [9.17, 15) is 9.59 Å². The Balaban J connectivity index is 2.34. The minimum absolute atomic E-state index is 0.278. The number of nitrogens with zero attached hydrogens (tertiary/aromatic N) is 1. The number of carbonyl (C=O) groups excluding carboxylic acids is 1. The third kappa shape index (κ3) is 1.29. The van der Waals surface area contributed by atoms with Crippen molar-refractivity contribution >= 4 is 23.2 Å². The second-order valence-electron chi connectivity index (χ2n) is 2.70. The number of amides is 1. The lowest BCUT2D eigenvalue weighted by Crippen LogP contribution is -2.45. The molecule has 2 rings (SSSR count). The van der Waals surface area contributed by atoms with E-state index in [1.165, 1.54) is 11.3 Å². The number of hydrogen-bond acceptors (Lipinski definition) is 4. The van der Waals surface area contributed by atoms with Gasteiger partial charge in [0, 0.05) is 6.42 Å². The average Bonchev–Trinajstić information content (AvgIpc) is 2.51. The van der Waals surface area contributed by atoms with Gasteiger partial charge in [0.05, 0.1) is 11.2 Å². The molecule has 5 nitrogen and oxygen atoms in total. The van der Waals surface area contributed by atoms with Crippen molar-refractivity contribution in [2.45, 2.75) is 12.5 Å². The van der Waals surface area contributed by atoms with Crippen LogP contribution in [0.4, 0.5) is 0 Å². The van der Waals surface area contributed by atoms with Gasteiger partial charge in [0.25, 0.3) is 5.91 Å². The predicted octanol–water partition coefficient (Wildman–Crippen LogP) is -0.118. The Morgan fingerprint density at radius 3 is 3.23 bits per heavy atom. The highest BCUT2D eigenvalue weighted by Gasteiger charge is 2.30. The average molecular weight is 198 g/mol. The smallest absolute Gasteiger partial charge is 0.326 e. The third-order valence-corrected chi connectivity index (χ3v) is 2.72. The van der Waals surface area contributed by atoms with Crippen molar-refractivity contribution in [1.82, 2.24) is 10.3 Å². The van der Waals surface area contributed by atoms with Crippen LogP contribution in [-0.2, 0) is 11.2 Å². The van der Waals surface area contributed by atoms with Gasteiger partial charge in [-0.3, -0.25) is 4.79 Å². The number of aromatic nitrogens is 1. The molecule has 0 saturated carbocycles. The molecule has 0 radical (unpaired) electrons. The van der Waals surface area contributed by atoms with E-state index >= 15 is 0 Å². The van der Waals surface area contributed by atoms with Gasteiger partial charge in [-0.05, 0) is 0 Å². The lowest BCUT2D eigenvalue weighted by molar-refractivity contribution is -0.139. The Kier molecular flexibility index (Phi) is 1.77. The minimum Gasteiger partial charge on any atom is -0.480 e. The number of rotatable bonds is 1. The molecule has 0 fully saturated rings. The fraction of sp³-hybridized carbons (Fsp3) is 0.286. The molecule has 1 atom stereocenters. The summed E-state index contributed by atoms with van der Waals surface area (Å²) in [6, 6.07) is -0.831. The van der Waals surface area contributed by atoms with Gasteiger partial charge in [0.15, 0.2) is 0 Å². The van der Waals surface area contributed by atoms with Crippen molar-refractivity contribution in [2.24, 2.45) is 0 Å². The third-order valence-electron chi connectivity index (χ3n) is 1.85. The summed E-state index contributed by atoms with van der Waals surface area (Å²) in [7, 11) is 0. The van der Waals surface area contributed by atoms with Crippen molar-refractivity contribution in [3.8, 4) is 0 Å². The lowest BCUT2D eigenvalue weighted by atomic mass is 10.1. The summed E-state index contributed by atoms with van der Waals surface area (Å²) in [5.41, 5.74) is 2.13. The highest BCUT2D eigenvalue weighted by molar-refractivity contribution is 7.11. The van der Waals surface area contributed by atoms with E-state index in [2.05, 4.69) is 10.3 Å². The van der Waals surface area contributed by atoms with Crippen LogP contribution in [0.3, 0.4) is 0 Å². The largest absolute Gasteiger partial charge is 0.480 e. The Morgan fingerprint density at radius 1 is 1.77 bits per heavy atom. The second kappa shape index (κ2) is 2.81. The molecule has 6 heteroatoms. The van der Waals surface area contributed by atoms with E-state index in [-0.39, 0.29) is 12.3 Å². The van der Waals surface area contributed by atoms with Crippen LogP contribution >= 0.6 is 11.3 Å². The van der Waals surface area contributed by atoms with Crippen LogP contribution in [0.25, 0.3) is 0 Å². The number of carboxylic acid groups (broad SMARTS) is 1.